The molecule has 0 aliphatic carbocycles. The minimum absolute atomic E-state index is 0.0780. The van der Waals surface area contributed by atoms with Crippen LogP contribution in [-0.2, 0) is 6.54 Å². The summed E-state index contributed by atoms with van der Waals surface area (Å²) in [6.45, 7) is 5.24. The van der Waals surface area contributed by atoms with E-state index in [0.717, 1.165) is 18.7 Å². The number of hydrogen-bond donors (Lipinski definition) is 1. The first-order valence-electron chi connectivity index (χ1n) is 12.5. The van der Waals surface area contributed by atoms with Crippen molar-refractivity contribution in [2.75, 3.05) is 36.4 Å². The average Bonchev–Trinajstić information content (AvgIpc) is 2.94. The molecule has 5 rings (SSSR count). The van der Waals surface area contributed by atoms with Crippen LogP contribution >= 0.6 is 0 Å². The number of hydrogen-bond acceptors (Lipinski definition) is 7. The molecule has 0 spiro atoms. The minimum atomic E-state index is -0.379. The molecule has 2 heterocycles. The summed E-state index contributed by atoms with van der Waals surface area (Å²) in [5, 5.41) is 15.3. The highest BCUT2D eigenvalue weighted by molar-refractivity contribution is 5.70. The Balaban J connectivity index is 1.34. The summed E-state index contributed by atoms with van der Waals surface area (Å²) in [5.41, 5.74) is 4.59. The molecule has 1 fully saturated rings. The maximum Gasteiger partial charge on any atom is 0.353 e. The fraction of sp³-hybridized carbons (Fsp3) is 0.241. The maximum absolute atomic E-state index is 12.1. The van der Waals surface area contributed by atoms with Crippen LogP contribution in [0.2, 0.25) is 0 Å². The van der Waals surface area contributed by atoms with Gasteiger partial charge in [-0.3, -0.25) is 15.0 Å². The molecule has 1 aliphatic heterocycles. The van der Waals surface area contributed by atoms with Gasteiger partial charge >= 0.3 is 5.69 Å². The van der Waals surface area contributed by atoms with E-state index >= 15 is 0 Å². The molecule has 1 saturated heterocycles. The van der Waals surface area contributed by atoms with E-state index in [1.165, 1.54) is 23.0 Å². The topological polar surface area (TPSA) is 87.4 Å². The molecule has 0 amide bonds. The third kappa shape index (κ3) is 5.59. The highest BCUT2D eigenvalue weighted by Crippen LogP contribution is 2.34. The van der Waals surface area contributed by atoms with Crippen molar-refractivity contribution >= 4 is 17.3 Å². The molecule has 0 radical (unpaired) electrons. The molecule has 188 valence electrons. The van der Waals surface area contributed by atoms with Crippen molar-refractivity contribution in [3.8, 4) is 0 Å². The van der Waals surface area contributed by atoms with Crippen molar-refractivity contribution in [2.24, 2.45) is 0 Å². The summed E-state index contributed by atoms with van der Waals surface area (Å²) in [7, 11) is 0. The van der Waals surface area contributed by atoms with Crippen molar-refractivity contribution in [2.45, 2.75) is 19.5 Å². The van der Waals surface area contributed by atoms with E-state index in [-0.39, 0.29) is 22.5 Å². The maximum atomic E-state index is 12.1. The molecule has 0 saturated carbocycles. The lowest BCUT2D eigenvalue weighted by Gasteiger charge is -2.40. The SMILES string of the molecule is Cc1ccc(CNc2ncnc(N3CCN(C(c4ccccc4)c4ccccc4)CC3)c2[N+](=O)[O-])cc1. The molecular weight excluding hydrogens is 464 g/mol. The van der Waals surface area contributed by atoms with Gasteiger partial charge in [-0.25, -0.2) is 9.97 Å². The van der Waals surface area contributed by atoms with E-state index in [9.17, 15) is 10.1 Å². The van der Waals surface area contributed by atoms with Gasteiger partial charge in [0.25, 0.3) is 0 Å². The number of piperazine rings is 1. The summed E-state index contributed by atoms with van der Waals surface area (Å²) < 4.78 is 0. The number of aromatic nitrogens is 2. The summed E-state index contributed by atoms with van der Waals surface area (Å²) in [6.07, 6.45) is 1.41. The minimum Gasteiger partial charge on any atom is -0.360 e. The second kappa shape index (κ2) is 11.2. The molecule has 0 bridgehead atoms. The van der Waals surface area contributed by atoms with Crippen molar-refractivity contribution in [3.63, 3.8) is 0 Å². The Morgan fingerprint density at radius 2 is 1.46 bits per heavy atom. The van der Waals surface area contributed by atoms with Crippen LogP contribution in [0.25, 0.3) is 0 Å². The van der Waals surface area contributed by atoms with Crippen molar-refractivity contribution in [1.29, 1.82) is 0 Å². The largest absolute Gasteiger partial charge is 0.360 e. The molecule has 1 aliphatic rings. The molecule has 4 aromatic rings. The lowest BCUT2D eigenvalue weighted by Crippen LogP contribution is -2.48. The number of anilines is 2. The second-order valence-electron chi connectivity index (χ2n) is 9.24. The fourth-order valence-electron chi connectivity index (χ4n) is 4.87. The molecule has 1 aromatic heterocycles. The smallest absolute Gasteiger partial charge is 0.353 e. The van der Waals surface area contributed by atoms with Crippen molar-refractivity contribution in [3.05, 3.63) is 124 Å². The number of rotatable bonds is 8. The predicted molar refractivity (Wildman–Crippen MR) is 146 cm³/mol. The molecular formula is C29H30N6O2. The Bertz CT molecular complexity index is 1280. The Kier molecular flexibility index (Phi) is 7.37. The van der Waals surface area contributed by atoms with Gasteiger partial charge in [-0.1, -0.05) is 90.5 Å². The van der Waals surface area contributed by atoms with E-state index in [0.29, 0.717) is 25.5 Å². The van der Waals surface area contributed by atoms with E-state index in [2.05, 4.69) is 68.7 Å². The van der Waals surface area contributed by atoms with Crippen LogP contribution in [-0.4, -0.2) is 46.0 Å². The van der Waals surface area contributed by atoms with Gasteiger partial charge in [-0.05, 0) is 23.6 Å². The van der Waals surface area contributed by atoms with Gasteiger partial charge in [-0.15, -0.1) is 0 Å². The molecule has 0 atom stereocenters. The first-order chi connectivity index (χ1) is 18.1. The first kappa shape index (κ1) is 24.4. The number of nitrogens with one attached hydrogen (secondary N) is 1. The Morgan fingerprint density at radius 3 is 2.03 bits per heavy atom. The quantitative estimate of drug-likeness (QED) is 0.265. The second-order valence-corrected chi connectivity index (χ2v) is 9.24. The molecule has 8 nitrogen and oxygen atoms in total. The number of aryl methyl sites for hydroxylation is 1. The predicted octanol–water partition coefficient (Wildman–Crippen LogP) is 5.22. The van der Waals surface area contributed by atoms with Crippen LogP contribution in [0.3, 0.4) is 0 Å². The normalized spacial score (nSPS) is 14.1. The number of nitrogens with zero attached hydrogens (tertiary/aromatic N) is 5. The van der Waals surface area contributed by atoms with Crippen molar-refractivity contribution in [1.82, 2.24) is 14.9 Å². The van der Waals surface area contributed by atoms with E-state index in [4.69, 9.17) is 0 Å². The zero-order valence-electron chi connectivity index (χ0n) is 20.8. The van der Waals surface area contributed by atoms with Crippen LogP contribution < -0.4 is 10.2 Å². The highest BCUT2D eigenvalue weighted by atomic mass is 16.6. The standard InChI is InChI=1S/C29H30N6O2/c1-22-12-14-23(15-13-22)20-30-28-27(35(36)37)29(32-21-31-28)34-18-16-33(17-19-34)26(24-8-4-2-5-9-24)25-10-6-3-7-11-25/h2-15,21,26H,16-20H2,1H3,(H,30,31,32). The van der Waals surface area contributed by atoms with Crippen LogP contribution in [0, 0.1) is 17.0 Å². The monoisotopic (exact) mass is 494 g/mol. The van der Waals surface area contributed by atoms with Crippen molar-refractivity contribution < 1.29 is 4.92 Å². The first-order valence-corrected chi connectivity index (χ1v) is 12.5. The molecule has 0 unspecified atom stereocenters. The average molecular weight is 495 g/mol. The fourth-order valence-corrected chi connectivity index (χ4v) is 4.87. The Labute approximate surface area is 216 Å². The Hall–Kier alpha value is -4.30. The van der Waals surface area contributed by atoms with E-state index in [1.54, 1.807) is 0 Å². The lowest BCUT2D eigenvalue weighted by atomic mass is 9.96. The van der Waals surface area contributed by atoms with Gasteiger partial charge in [0.2, 0.25) is 11.6 Å². The van der Waals surface area contributed by atoms with E-state index in [1.807, 2.05) is 48.2 Å². The molecule has 37 heavy (non-hydrogen) atoms. The summed E-state index contributed by atoms with van der Waals surface area (Å²) in [5.74, 6) is 0.603. The van der Waals surface area contributed by atoms with Crippen LogP contribution in [0.5, 0.6) is 0 Å². The summed E-state index contributed by atoms with van der Waals surface area (Å²) in [4.78, 5) is 24.8. The van der Waals surface area contributed by atoms with Gasteiger partial charge in [0.1, 0.15) is 6.33 Å². The zero-order valence-corrected chi connectivity index (χ0v) is 20.8. The molecule has 8 heteroatoms. The summed E-state index contributed by atoms with van der Waals surface area (Å²) in [6, 6.07) is 29.1. The molecule has 3 aromatic carbocycles. The van der Waals surface area contributed by atoms with Gasteiger partial charge in [0, 0.05) is 32.7 Å². The van der Waals surface area contributed by atoms with Gasteiger partial charge in [0.05, 0.1) is 11.0 Å². The van der Waals surface area contributed by atoms with Gasteiger partial charge in [-0.2, -0.15) is 0 Å². The third-order valence-corrected chi connectivity index (χ3v) is 6.78. The Morgan fingerprint density at radius 1 is 0.865 bits per heavy atom. The third-order valence-electron chi connectivity index (χ3n) is 6.78. The number of benzene rings is 3. The van der Waals surface area contributed by atoms with Gasteiger partial charge < -0.3 is 10.2 Å². The lowest BCUT2D eigenvalue weighted by molar-refractivity contribution is -0.383. The van der Waals surface area contributed by atoms with Gasteiger partial charge in [0.15, 0.2) is 0 Å². The zero-order chi connectivity index (χ0) is 25.6. The van der Waals surface area contributed by atoms with Crippen LogP contribution in [0.1, 0.15) is 28.3 Å². The number of nitro groups is 1. The van der Waals surface area contributed by atoms with Crippen LogP contribution in [0.15, 0.2) is 91.3 Å². The van der Waals surface area contributed by atoms with Crippen LogP contribution in [0.4, 0.5) is 17.3 Å². The van der Waals surface area contributed by atoms with E-state index < -0.39 is 0 Å². The summed E-state index contributed by atoms with van der Waals surface area (Å²) >= 11 is 0. The highest BCUT2D eigenvalue weighted by Gasteiger charge is 2.32. The molecule has 1 N–H and O–H groups in total.